The number of hydrogen-bond donors (Lipinski definition) is 0. The van der Waals surface area contributed by atoms with Gasteiger partial charge in [0, 0.05) is 6.42 Å². The summed E-state index contributed by atoms with van der Waals surface area (Å²) in [5, 5.41) is 0. The highest BCUT2D eigenvalue weighted by Crippen LogP contribution is 2.12. The van der Waals surface area contributed by atoms with Gasteiger partial charge in [0.25, 0.3) is 0 Å². The molecule has 0 aliphatic rings. The molecule has 1 amide bonds. The summed E-state index contributed by atoms with van der Waals surface area (Å²) in [6.07, 6.45) is 16.5. The molecule has 0 atom stereocenters. The van der Waals surface area contributed by atoms with Gasteiger partial charge in [0.05, 0.1) is 0 Å². The fraction of sp³-hybridized carbons (Fsp3) is 0.875. The molecule has 18 heavy (non-hydrogen) atoms. The van der Waals surface area contributed by atoms with E-state index >= 15 is 0 Å². The third-order valence-electron chi connectivity index (χ3n) is 3.42. The standard InChI is InChI=1S/C16H31NO/c1-3-4-5-6-7-8-9-10-11-12-13-14-15-16(18)17-2/h2-15H2,1H3. The summed E-state index contributed by atoms with van der Waals surface area (Å²) < 4.78 is 0. The molecule has 0 saturated carbocycles. The van der Waals surface area contributed by atoms with Crippen molar-refractivity contribution in [1.82, 2.24) is 0 Å². The topological polar surface area (TPSA) is 29.4 Å². The van der Waals surface area contributed by atoms with Gasteiger partial charge in [-0.15, -0.1) is 0 Å². The molecule has 0 radical (unpaired) electrons. The minimum Gasteiger partial charge on any atom is -0.273 e. The van der Waals surface area contributed by atoms with Crippen LogP contribution in [0.1, 0.15) is 90.4 Å². The van der Waals surface area contributed by atoms with Crippen molar-refractivity contribution < 1.29 is 4.79 Å². The first-order chi connectivity index (χ1) is 8.81. The van der Waals surface area contributed by atoms with Crippen LogP contribution in [0.5, 0.6) is 0 Å². The van der Waals surface area contributed by atoms with E-state index < -0.39 is 0 Å². The number of rotatable bonds is 13. The van der Waals surface area contributed by atoms with Crippen LogP contribution < -0.4 is 0 Å². The molecule has 0 aromatic heterocycles. The quantitative estimate of drug-likeness (QED) is 0.323. The molecule has 0 bridgehead atoms. The Hall–Kier alpha value is -0.660. The van der Waals surface area contributed by atoms with Crippen LogP contribution in [-0.2, 0) is 4.79 Å². The van der Waals surface area contributed by atoms with Crippen LogP contribution in [0.3, 0.4) is 0 Å². The molecule has 106 valence electrons. The van der Waals surface area contributed by atoms with Crippen LogP contribution in [0, 0.1) is 0 Å². The van der Waals surface area contributed by atoms with Gasteiger partial charge in [-0.2, -0.15) is 0 Å². The molecule has 0 unspecified atom stereocenters. The van der Waals surface area contributed by atoms with Crippen LogP contribution in [0.2, 0.25) is 0 Å². The van der Waals surface area contributed by atoms with Crippen molar-refractivity contribution in [1.29, 1.82) is 0 Å². The molecule has 0 aliphatic carbocycles. The predicted molar refractivity (Wildman–Crippen MR) is 80.3 cm³/mol. The van der Waals surface area contributed by atoms with E-state index in [0.717, 1.165) is 12.8 Å². The second kappa shape index (κ2) is 14.4. The summed E-state index contributed by atoms with van der Waals surface area (Å²) in [4.78, 5) is 14.3. The Labute approximate surface area is 113 Å². The highest BCUT2D eigenvalue weighted by Gasteiger charge is 1.97. The zero-order valence-electron chi connectivity index (χ0n) is 12.3. The minimum atomic E-state index is -0.0536. The summed E-state index contributed by atoms with van der Waals surface area (Å²) in [5.74, 6) is -0.0536. The van der Waals surface area contributed by atoms with Gasteiger partial charge in [0.2, 0.25) is 5.91 Å². The van der Waals surface area contributed by atoms with Crippen molar-refractivity contribution in [3.05, 3.63) is 0 Å². The van der Waals surface area contributed by atoms with Gasteiger partial charge >= 0.3 is 0 Å². The fourth-order valence-corrected chi connectivity index (χ4v) is 2.20. The number of aliphatic imine (C=N–C) groups is 1. The summed E-state index contributed by atoms with van der Waals surface area (Å²) >= 11 is 0. The Bertz CT molecular complexity index is 201. The summed E-state index contributed by atoms with van der Waals surface area (Å²) in [7, 11) is 0. The van der Waals surface area contributed by atoms with Crippen LogP contribution in [0.25, 0.3) is 0 Å². The Balaban J connectivity index is 2.98. The zero-order valence-corrected chi connectivity index (χ0v) is 12.3. The van der Waals surface area contributed by atoms with Crippen LogP contribution in [0.15, 0.2) is 4.99 Å². The van der Waals surface area contributed by atoms with Crippen LogP contribution >= 0.6 is 0 Å². The molecular weight excluding hydrogens is 222 g/mol. The molecule has 0 saturated heterocycles. The lowest BCUT2D eigenvalue weighted by molar-refractivity contribution is -0.117. The fourth-order valence-electron chi connectivity index (χ4n) is 2.20. The summed E-state index contributed by atoms with van der Waals surface area (Å²) in [5.41, 5.74) is 0. The molecular formula is C16H31NO. The normalized spacial score (nSPS) is 10.5. The zero-order chi connectivity index (χ0) is 13.5. The molecule has 0 fully saturated rings. The lowest BCUT2D eigenvalue weighted by Gasteiger charge is -2.02. The smallest absolute Gasteiger partial charge is 0.245 e. The van der Waals surface area contributed by atoms with Crippen molar-refractivity contribution in [2.45, 2.75) is 90.4 Å². The van der Waals surface area contributed by atoms with E-state index in [9.17, 15) is 4.79 Å². The highest BCUT2D eigenvalue weighted by atomic mass is 16.1. The highest BCUT2D eigenvalue weighted by molar-refractivity contribution is 5.80. The van der Waals surface area contributed by atoms with Crippen molar-refractivity contribution in [2.75, 3.05) is 0 Å². The van der Waals surface area contributed by atoms with E-state index in [1.807, 2.05) is 0 Å². The number of carbonyl (C=O) groups excluding carboxylic acids is 1. The van der Waals surface area contributed by atoms with Gasteiger partial charge in [-0.3, -0.25) is 4.79 Å². The SMILES string of the molecule is C=NC(=O)CCCCCCCCCCCCCC. The first-order valence-corrected chi connectivity index (χ1v) is 7.80. The Morgan fingerprint density at radius 2 is 1.17 bits per heavy atom. The van der Waals surface area contributed by atoms with E-state index in [-0.39, 0.29) is 5.91 Å². The van der Waals surface area contributed by atoms with Gasteiger partial charge in [0.1, 0.15) is 0 Å². The maximum absolute atomic E-state index is 10.9. The van der Waals surface area contributed by atoms with Gasteiger partial charge in [-0.25, -0.2) is 4.99 Å². The monoisotopic (exact) mass is 253 g/mol. The number of hydrogen-bond acceptors (Lipinski definition) is 1. The van der Waals surface area contributed by atoms with Gasteiger partial charge < -0.3 is 0 Å². The molecule has 0 spiro atoms. The number of carbonyl (C=O) groups is 1. The Morgan fingerprint density at radius 3 is 1.56 bits per heavy atom. The van der Waals surface area contributed by atoms with Crippen LogP contribution in [0.4, 0.5) is 0 Å². The largest absolute Gasteiger partial charge is 0.273 e. The summed E-state index contributed by atoms with van der Waals surface area (Å²) in [6, 6.07) is 0. The average Bonchev–Trinajstić information content (AvgIpc) is 2.39. The molecule has 0 N–H and O–H groups in total. The molecule has 0 aromatic rings. The molecule has 2 nitrogen and oxygen atoms in total. The second-order valence-corrected chi connectivity index (χ2v) is 5.19. The van der Waals surface area contributed by atoms with Gasteiger partial charge in [-0.1, -0.05) is 77.6 Å². The maximum atomic E-state index is 10.9. The maximum Gasteiger partial charge on any atom is 0.245 e. The average molecular weight is 253 g/mol. The lowest BCUT2D eigenvalue weighted by atomic mass is 10.0. The van der Waals surface area contributed by atoms with Gasteiger partial charge in [0.15, 0.2) is 0 Å². The predicted octanol–water partition coefficient (Wildman–Crippen LogP) is 5.30. The van der Waals surface area contributed by atoms with E-state index in [4.69, 9.17) is 0 Å². The number of amides is 1. The van der Waals surface area contributed by atoms with Crippen LogP contribution in [-0.4, -0.2) is 12.6 Å². The minimum absolute atomic E-state index is 0.0536. The van der Waals surface area contributed by atoms with Crippen molar-refractivity contribution in [2.24, 2.45) is 4.99 Å². The Morgan fingerprint density at radius 1 is 0.778 bits per heavy atom. The van der Waals surface area contributed by atoms with E-state index in [2.05, 4.69) is 18.6 Å². The van der Waals surface area contributed by atoms with E-state index in [1.165, 1.54) is 64.2 Å². The molecule has 0 aliphatic heterocycles. The van der Waals surface area contributed by atoms with Gasteiger partial charge in [-0.05, 0) is 13.1 Å². The van der Waals surface area contributed by atoms with E-state index in [0.29, 0.717) is 6.42 Å². The first kappa shape index (κ1) is 17.3. The third kappa shape index (κ3) is 13.4. The number of unbranched alkanes of at least 4 members (excludes halogenated alkanes) is 11. The summed E-state index contributed by atoms with van der Waals surface area (Å²) in [6.45, 7) is 5.50. The third-order valence-corrected chi connectivity index (χ3v) is 3.42. The van der Waals surface area contributed by atoms with Crippen molar-refractivity contribution in [3.63, 3.8) is 0 Å². The van der Waals surface area contributed by atoms with Crippen molar-refractivity contribution in [3.8, 4) is 0 Å². The van der Waals surface area contributed by atoms with E-state index in [1.54, 1.807) is 0 Å². The molecule has 0 aromatic carbocycles. The molecule has 2 heteroatoms. The lowest BCUT2D eigenvalue weighted by Crippen LogP contribution is -1.91. The van der Waals surface area contributed by atoms with Crippen molar-refractivity contribution >= 4 is 12.6 Å². The number of nitrogens with zero attached hydrogens (tertiary/aromatic N) is 1. The second-order valence-electron chi connectivity index (χ2n) is 5.19. The molecule has 0 rings (SSSR count). The first-order valence-electron chi connectivity index (χ1n) is 7.80. The molecule has 0 heterocycles. The Kier molecular flexibility index (Phi) is 13.9.